The zero-order valence-corrected chi connectivity index (χ0v) is 16.5. The van der Waals surface area contributed by atoms with Gasteiger partial charge in [-0.05, 0) is 60.7 Å². The molecule has 1 aliphatic rings. The molecule has 0 saturated heterocycles. The zero-order chi connectivity index (χ0) is 19.2. The number of anilines is 1. The second kappa shape index (κ2) is 6.61. The predicted molar refractivity (Wildman–Crippen MR) is 106 cm³/mol. The van der Waals surface area contributed by atoms with Gasteiger partial charge in [-0.15, -0.1) is 0 Å². The highest BCUT2D eigenvalue weighted by molar-refractivity contribution is 7.90. The van der Waals surface area contributed by atoms with Crippen molar-refractivity contribution in [3.05, 3.63) is 47.5 Å². The van der Waals surface area contributed by atoms with Crippen molar-refractivity contribution < 1.29 is 17.9 Å². The van der Waals surface area contributed by atoms with E-state index in [1.165, 1.54) is 23.7 Å². The first-order chi connectivity index (χ1) is 12.8. The molecule has 140 valence electrons. The number of hydrogen-bond donors (Lipinski definition) is 1. The molecule has 1 amide bonds. The molecule has 2 aromatic carbocycles. The maximum atomic E-state index is 12.6. The van der Waals surface area contributed by atoms with Crippen LogP contribution < -0.4 is 10.1 Å². The van der Waals surface area contributed by atoms with Crippen molar-refractivity contribution in [2.24, 2.45) is 0 Å². The molecule has 1 N–H and O–H groups in total. The van der Waals surface area contributed by atoms with Crippen LogP contribution in [0.5, 0.6) is 5.75 Å². The third kappa shape index (κ3) is 3.68. The van der Waals surface area contributed by atoms with Gasteiger partial charge >= 0.3 is 0 Å². The molecular formula is C19H18N2O4S2. The molecule has 1 aliphatic carbocycles. The molecule has 6 nitrogen and oxygen atoms in total. The molecule has 1 aromatic heterocycles. The lowest BCUT2D eigenvalue weighted by atomic mass is 10.1. The van der Waals surface area contributed by atoms with Crippen LogP contribution in [0.15, 0.2) is 41.3 Å². The summed E-state index contributed by atoms with van der Waals surface area (Å²) in [5, 5.41) is 3.24. The Labute approximate surface area is 161 Å². The Kier molecular flexibility index (Phi) is 4.39. The minimum atomic E-state index is -3.29. The Morgan fingerprint density at radius 1 is 1.22 bits per heavy atom. The maximum Gasteiger partial charge on any atom is 0.257 e. The van der Waals surface area contributed by atoms with Gasteiger partial charge in [-0.3, -0.25) is 10.1 Å². The number of carbonyl (C=O) groups is 1. The highest BCUT2D eigenvalue weighted by Crippen LogP contribution is 2.44. The summed E-state index contributed by atoms with van der Waals surface area (Å²) < 4.78 is 29.5. The molecule has 0 spiro atoms. The summed E-state index contributed by atoms with van der Waals surface area (Å²) in [6.07, 6.45) is 3.39. The van der Waals surface area contributed by atoms with Gasteiger partial charge in [0.1, 0.15) is 5.75 Å². The molecule has 1 heterocycles. The third-order valence-corrected chi connectivity index (χ3v) is 6.56. The van der Waals surface area contributed by atoms with Crippen molar-refractivity contribution in [3.8, 4) is 5.75 Å². The standard InChI is InChI=1S/C19H18N2O4S2/c1-25-16-8-5-12(9-14(16)11-3-4-11)18(22)21-19-20-15-7-6-13(27(2,23)24)10-17(15)26-19/h5-11H,3-4H2,1-2H3,(H,20,21,22). The number of nitrogens with zero attached hydrogens (tertiary/aromatic N) is 1. The Balaban J connectivity index is 1.60. The van der Waals surface area contributed by atoms with Crippen molar-refractivity contribution in [3.63, 3.8) is 0 Å². The number of benzene rings is 2. The van der Waals surface area contributed by atoms with Crippen LogP contribution >= 0.6 is 11.3 Å². The molecule has 0 unspecified atom stereocenters. The zero-order valence-electron chi connectivity index (χ0n) is 14.9. The number of ether oxygens (including phenoxy) is 1. The summed E-state index contributed by atoms with van der Waals surface area (Å²) >= 11 is 1.25. The smallest absolute Gasteiger partial charge is 0.257 e. The summed E-state index contributed by atoms with van der Waals surface area (Å²) in [4.78, 5) is 17.2. The molecule has 0 radical (unpaired) electrons. The van der Waals surface area contributed by atoms with Crippen molar-refractivity contribution in [2.75, 3.05) is 18.7 Å². The first kappa shape index (κ1) is 17.9. The number of nitrogens with one attached hydrogen (secondary N) is 1. The van der Waals surface area contributed by atoms with Crippen LogP contribution in [0.25, 0.3) is 10.2 Å². The van der Waals surface area contributed by atoms with E-state index in [9.17, 15) is 13.2 Å². The van der Waals surface area contributed by atoms with Crippen molar-refractivity contribution in [2.45, 2.75) is 23.7 Å². The lowest BCUT2D eigenvalue weighted by Gasteiger charge is -2.09. The fourth-order valence-corrected chi connectivity index (χ4v) is 4.57. The first-order valence-electron chi connectivity index (χ1n) is 8.45. The van der Waals surface area contributed by atoms with E-state index in [-0.39, 0.29) is 10.8 Å². The molecule has 27 heavy (non-hydrogen) atoms. The van der Waals surface area contributed by atoms with E-state index in [0.717, 1.165) is 24.2 Å². The van der Waals surface area contributed by atoms with E-state index < -0.39 is 9.84 Å². The number of hydrogen-bond acceptors (Lipinski definition) is 6. The lowest BCUT2D eigenvalue weighted by Crippen LogP contribution is -2.12. The second-order valence-corrected chi connectivity index (χ2v) is 9.65. The van der Waals surface area contributed by atoms with Gasteiger partial charge in [-0.2, -0.15) is 0 Å². The van der Waals surface area contributed by atoms with E-state index in [1.807, 2.05) is 12.1 Å². The van der Waals surface area contributed by atoms with Gasteiger partial charge in [0.15, 0.2) is 15.0 Å². The number of amides is 1. The van der Waals surface area contributed by atoms with Crippen LogP contribution in [0.1, 0.15) is 34.7 Å². The molecule has 0 atom stereocenters. The molecule has 0 bridgehead atoms. The normalized spacial score (nSPS) is 14.3. The summed E-state index contributed by atoms with van der Waals surface area (Å²) in [6.45, 7) is 0. The quantitative estimate of drug-likeness (QED) is 0.701. The Bertz CT molecular complexity index is 1150. The summed E-state index contributed by atoms with van der Waals surface area (Å²) in [5.41, 5.74) is 2.26. The summed E-state index contributed by atoms with van der Waals surface area (Å²) in [5.74, 6) is 1.02. The third-order valence-electron chi connectivity index (χ3n) is 4.52. The van der Waals surface area contributed by atoms with E-state index >= 15 is 0 Å². The van der Waals surface area contributed by atoms with E-state index in [1.54, 1.807) is 25.3 Å². The average Bonchev–Trinajstić information content (AvgIpc) is 3.39. The van der Waals surface area contributed by atoms with E-state index in [0.29, 0.717) is 26.8 Å². The molecule has 1 saturated carbocycles. The topological polar surface area (TPSA) is 85.4 Å². The lowest BCUT2D eigenvalue weighted by molar-refractivity contribution is 0.102. The number of sulfone groups is 1. The Morgan fingerprint density at radius 3 is 2.67 bits per heavy atom. The molecule has 1 fully saturated rings. The molecule has 4 rings (SSSR count). The minimum Gasteiger partial charge on any atom is -0.496 e. The summed E-state index contributed by atoms with van der Waals surface area (Å²) in [7, 11) is -1.65. The van der Waals surface area contributed by atoms with Gasteiger partial charge in [0.25, 0.3) is 5.91 Å². The van der Waals surface area contributed by atoms with Crippen LogP contribution in [0, 0.1) is 0 Å². The number of methoxy groups -OCH3 is 1. The SMILES string of the molecule is COc1ccc(C(=O)Nc2nc3ccc(S(C)(=O)=O)cc3s2)cc1C1CC1. The molecular weight excluding hydrogens is 384 g/mol. The molecule has 0 aliphatic heterocycles. The van der Waals surface area contributed by atoms with Crippen LogP contribution in [0.3, 0.4) is 0 Å². The van der Waals surface area contributed by atoms with Gasteiger partial charge in [0.05, 0.1) is 22.2 Å². The van der Waals surface area contributed by atoms with Gasteiger partial charge in [-0.1, -0.05) is 11.3 Å². The number of rotatable bonds is 5. The molecule has 3 aromatic rings. The predicted octanol–water partition coefficient (Wildman–Crippen LogP) is 3.84. The van der Waals surface area contributed by atoms with Gasteiger partial charge in [0, 0.05) is 11.8 Å². The number of fused-ring (bicyclic) bond motifs is 1. The van der Waals surface area contributed by atoms with Crippen molar-refractivity contribution in [1.29, 1.82) is 0 Å². The fourth-order valence-electron chi connectivity index (χ4n) is 2.95. The van der Waals surface area contributed by atoms with Crippen LogP contribution in [-0.2, 0) is 9.84 Å². The number of aromatic nitrogens is 1. The molecule has 8 heteroatoms. The summed E-state index contributed by atoms with van der Waals surface area (Å²) in [6, 6.07) is 10.2. The average molecular weight is 402 g/mol. The second-order valence-electron chi connectivity index (χ2n) is 6.61. The van der Waals surface area contributed by atoms with Gasteiger partial charge in [-0.25, -0.2) is 13.4 Å². The van der Waals surface area contributed by atoms with Crippen molar-refractivity contribution in [1.82, 2.24) is 4.98 Å². The first-order valence-corrected chi connectivity index (χ1v) is 11.2. The minimum absolute atomic E-state index is 0.237. The van der Waals surface area contributed by atoms with Crippen LogP contribution in [0.4, 0.5) is 5.13 Å². The van der Waals surface area contributed by atoms with Gasteiger partial charge in [0.2, 0.25) is 0 Å². The van der Waals surface area contributed by atoms with E-state index in [4.69, 9.17) is 4.74 Å². The largest absolute Gasteiger partial charge is 0.496 e. The Morgan fingerprint density at radius 2 is 2.00 bits per heavy atom. The maximum absolute atomic E-state index is 12.6. The highest BCUT2D eigenvalue weighted by atomic mass is 32.2. The van der Waals surface area contributed by atoms with Crippen molar-refractivity contribution >= 4 is 42.4 Å². The van der Waals surface area contributed by atoms with Gasteiger partial charge < -0.3 is 4.74 Å². The number of carbonyl (C=O) groups excluding carboxylic acids is 1. The monoisotopic (exact) mass is 402 g/mol. The van der Waals surface area contributed by atoms with Crippen LogP contribution in [-0.4, -0.2) is 32.7 Å². The fraction of sp³-hybridized carbons (Fsp3) is 0.263. The number of thiazole rings is 1. The van der Waals surface area contributed by atoms with E-state index in [2.05, 4.69) is 10.3 Å². The Hall–Kier alpha value is -2.45. The highest BCUT2D eigenvalue weighted by Gasteiger charge is 2.27. The van der Waals surface area contributed by atoms with Crippen LogP contribution in [0.2, 0.25) is 0 Å².